The van der Waals surface area contributed by atoms with Crippen molar-refractivity contribution in [3.8, 4) is 11.1 Å². The molecule has 3 heteroatoms. The van der Waals surface area contributed by atoms with E-state index in [-0.39, 0.29) is 0 Å². The van der Waals surface area contributed by atoms with Gasteiger partial charge in [-0.25, -0.2) is 0 Å². The van der Waals surface area contributed by atoms with Gasteiger partial charge >= 0.3 is 0 Å². The van der Waals surface area contributed by atoms with Gasteiger partial charge in [-0.15, -0.1) is 0 Å². The summed E-state index contributed by atoms with van der Waals surface area (Å²) in [6.45, 7) is 0. The van der Waals surface area contributed by atoms with E-state index in [1.807, 2.05) is 55.4 Å². The quantitative estimate of drug-likeness (QED) is 0.775. The zero-order valence-corrected chi connectivity index (χ0v) is 10.1. The van der Waals surface area contributed by atoms with Crippen LogP contribution in [-0.4, -0.2) is 14.1 Å². The van der Waals surface area contributed by atoms with Gasteiger partial charge in [0.05, 0.1) is 0 Å². The molecule has 0 atom stereocenters. The van der Waals surface area contributed by atoms with Crippen LogP contribution >= 0.6 is 0 Å². The van der Waals surface area contributed by atoms with Gasteiger partial charge < -0.3 is 16.4 Å². The van der Waals surface area contributed by atoms with Gasteiger partial charge in [0.15, 0.2) is 0 Å². The number of anilines is 3. The third-order valence-corrected chi connectivity index (χ3v) is 2.68. The maximum Gasteiger partial charge on any atom is 0.0387 e. The van der Waals surface area contributed by atoms with E-state index in [4.69, 9.17) is 11.5 Å². The highest BCUT2D eigenvalue weighted by atomic mass is 15.1. The fourth-order valence-electron chi connectivity index (χ4n) is 1.78. The molecule has 0 aromatic heterocycles. The number of hydrogen-bond acceptors (Lipinski definition) is 3. The normalized spacial score (nSPS) is 10.2. The van der Waals surface area contributed by atoms with Gasteiger partial charge in [-0.3, -0.25) is 0 Å². The molecule has 3 nitrogen and oxygen atoms in total. The van der Waals surface area contributed by atoms with E-state index >= 15 is 0 Å². The lowest BCUT2D eigenvalue weighted by atomic mass is 10.0. The minimum absolute atomic E-state index is 0.758. The van der Waals surface area contributed by atoms with Crippen molar-refractivity contribution in [2.75, 3.05) is 30.5 Å². The van der Waals surface area contributed by atoms with Gasteiger partial charge in [0, 0.05) is 31.2 Å². The summed E-state index contributed by atoms with van der Waals surface area (Å²) in [5.41, 5.74) is 16.5. The summed E-state index contributed by atoms with van der Waals surface area (Å²) < 4.78 is 0. The number of nitrogen functional groups attached to an aromatic ring is 2. The number of rotatable bonds is 2. The summed E-state index contributed by atoms with van der Waals surface area (Å²) in [7, 11) is 4.00. The van der Waals surface area contributed by atoms with Crippen molar-refractivity contribution in [2.24, 2.45) is 0 Å². The Bertz CT molecular complexity index is 533. The Morgan fingerprint density at radius 3 is 2.18 bits per heavy atom. The molecule has 0 saturated heterocycles. The Hall–Kier alpha value is -2.16. The lowest BCUT2D eigenvalue weighted by molar-refractivity contribution is 1.13. The Morgan fingerprint density at radius 1 is 0.824 bits per heavy atom. The summed E-state index contributed by atoms with van der Waals surface area (Å²) in [5, 5.41) is 0. The summed E-state index contributed by atoms with van der Waals surface area (Å²) >= 11 is 0. The molecule has 0 radical (unpaired) electrons. The van der Waals surface area contributed by atoms with Gasteiger partial charge in [0.1, 0.15) is 0 Å². The van der Waals surface area contributed by atoms with Crippen LogP contribution in [0.4, 0.5) is 17.1 Å². The largest absolute Gasteiger partial charge is 0.399 e. The Kier molecular flexibility index (Phi) is 2.91. The highest BCUT2D eigenvalue weighted by Crippen LogP contribution is 2.28. The molecule has 0 heterocycles. The highest BCUT2D eigenvalue weighted by Gasteiger charge is 2.03. The van der Waals surface area contributed by atoms with Crippen molar-refractivity contribution in [1.82, 2.24) is 0 Å². The third-order valence-electron chi connectivity index (χ3n) is 2.68. The monoisotopic (exact) mass is 227 g/mol. The average molecular weight is 227 g/mol. The van der Waals surface area contributed by atoms with Gasteiger partial charge in [-0.05, 0) is 41.5 Å². The van der Waals surface area contributed by atoms with Crippen LogP contribution in [0.1, 0.15) is 0 Å². The minimum Gasteiger partial charge on any atom is -0.399 e. The highest BCUT2D eigenvalue weighted by molar-refractivity contribution is 5.75. The second-order valence-corrected chi connectivity index (χ2v) is 4.33. The molecular formula is C14H17N3. The number of benzene rings is 2. The Morgan fingerprint density at radius 2 is 1.53 bits per heavy atom. The topological polar surface area (TPSA) is 55.3 Å². The molecule has 0 aliphatic carbocycles. The predicted molar refractivity (Wildman–Crippen MR) is 75.0 cm³/mol. The van der Waals surface area contributed by atoms with Gasteiger partial charge in [0.2, 0.25) is 0 Å². The van der Waals surface area contributed by atoms with Gasteiger partial charge in [-0.2, -0.15) is 0 Å². The summed E-state index contributed by atoms with van der Waals surface area (Å²) in [6, 6.07) is 13.8. The van der Waals surface area contributed by atoms with Crippen molar-refractivity contribution >= 4 is 17.1 Å². The Labute approximate surface area is 102 Å². The fraction of sp³-hybridized carbons (Fsp3) is 0.143. The van der Waals surface area contributed by atoms with Gasteiger partial charge in [-0.1, -0.05) is 12.1 Å². The molecule has 2 rings (SSSR count). The first-order chi connectivity index (χ1) is 8.06. The molecule has 2 aromatic carbocycles. The first-order valence-electron chi connectivity index (χ1n) is 5.50. The van der Waals surface area contributed by atoms with Crippen LogP contribution < -0.4 is 16.4 Å². The number of nitrogens with zero attached hydrogens (tertiary/aromatic N) is 1. The molecule has 0 fully saturated rings. The van der Waals surface area contributed by atoms with E-state index in [0.29, 0.717) is 0 Å². The van der Waals surface area contributed by atoms with Crippen molar-refractivity contribution in [3.05, 3.63) is 42.5 Å². The first kappa shape index (κ1) is 11.3. The summed E-state index contributed by atoms with van der Waals surface area (Å²) in [5.74, 6) is 0. The number of hydrogen-bond donors (Lipinski definition) is 2. The van der Waals surface area contributed by atoms with Crippen LogP contribution in [0.3, 0.4) is 0 Å². The molecule has 0 amide bonds. The van der Waals surface area contributed by atoms with Crippen molar-refractivity contribution in [2.45, 2.75) is 0 Å². The Balaban J connectivity index is 2.52. The van der Waals surface area contributed by atoms with Crippen LogP contribution in [0.2, 0.25) is 0 Å². The second-order valence-electron chi connectivity index (χ2n) is 4.33. The molecule has 17 heavy (non-hydrogen) atoms. The summed E-state index contributed by atoms with van der Waals surface area (Å²) in [4.78, 5) is 2.03. The maximum atomic E-state index is 5.91. The van der Waals surface area contributed by atoms with Gasteiger partial charge in [0.25, 0.3) is 0 Å². The van der Waals surface area contributed by atoms with Crippen molar-refractivity contribution in [3.63, 3.8) is 0 Å². The minimum atomic E-state index is 0.758. The molecule has 0 aliphatic heterocycles. The lowest BCUT2D eigenvalue weighted by Crippen LogP contribution is -2.09. The molecule has 2 aromatic rings. The van der Waals surface area contributed by atoms with E-state index in [0.717, 1.165) is 28.2 Å². The zero-order chi connectivity index (χ0) is 12.4. The maximum absolute atomic E-state index is 5.91. The van der Waals surface area contributed by atoms with E-state index in [1.165, 1.54) is 0 Å². The number of nitrogens with two attached hydrogens (primary N) is 2. The summed E-state index contributed by atoms with van der Waals surface area (Å²) in [6.07, 6.45) is 0. The van der Waals surface area contributed by atoms with E-state index < -0.39 is 0 Å². The van der Waals surface area contributed by atoms with E-state index in [1.54, 1.807) is 0 Å². The fourth-order valence-corrected chi connectivity index (χ4v) is 1.78. The van der Waals surface area contributed by atoms with Crippen LogP contribution in [0.5, 0.6) is 0 Å². The predicted octanol–water partition coefficient (Wildman–Crippen LogP) is 2.58. The standard InChI is InChI=1S/C14H17N3/c1-17(2)14-8-11(7-13(16)9-14)10-4-3-5-12(15)6-10/h3-9H,15-16H2,1-2H3. The molecule has 4 N–H and O–H groups in total. The molecule has 0 spiro atoms. The smallest absolute Gasteiger partial charge is 0.0387 e. The van der Waals surface area contributed by atoms with Crippen molar-refractivity contribution < 1.29 is 0 Å². The van der Waals surface area contributed by atoms with Crippen LogP contribution in [0, 0.1) is 0 Å². The molecule has 0 bridgehead atoms. The van der Waals surface area contributed by atoms with Crippen LogP contribution in [-0.2, 0) is 0 Å². The van der Waals surface area contributed by atoms with Crippen LogP contribution in [0.15, 0.2) is 42.5 Å². The molecule has 0 unspecified atom stereocenters. The van der Waals surface area contributed by atoms with Crippen molar-refractivity contribution in [1.29, 1.82) is 0 Å². The van der Waals surface area contributed by atoms with E-state index in [2.05, 4.69) is 6.07 Å². The second kappa shape index (κ2) is 4.37. The van der Waals surface area contributed by atoms with Crippen LogP contribution in [0.25, 0.3) is 11.1 Å². The first-order valence-corrected chi connectivity index (χ1v) is 5.50. The molecule has 0 saturated carbocycles. The average Bonchev–Trinajstić information content (AvgIpc) is 2.28. The third kappa shape index (κ3) is 2.50. The lowest BCUT2D eigenvalue weighted by Gasteiger charge is -2.15. The zero-order valence-electron chi connectivity index (χ0n) is 10.1. The molecule has 0 aliphatic rings. The van der Waals surface area contributed by atoms with E-state index in [9.17, 15) is 0 Å². The SMILES string of the molecule is CN(C)c1cc(N)cc(-c2cccc(N)c2)c1. The molecule has 88 valence electrons. The molecular weight excluding hydrogens is 210 g/mol.